The third-order valence-corrected chi connectivity index (χ3v) is 4.26. The number of nitrogens with one attached hydrogen (secondary N) is 1. The SMILES string of the molecule is COc1ccc(-c2ccccc2)cc1NC(=S)N(C)CC(OC)OC. The summed E-state index contributed by atoms with van der Waals surface area (Å²) in [5.41, 5.74) is 3.03. The topological polar surface area (TPSA) is 43.0 Å². The molecule has 0 fully saturated rings. The molecule has 6 heteroatoms. The third kappa shape index (κ3) is 5.16. The second-order valence-corrected chi connectivity index (χ2v) is 5.88. The van der Waals surface area contributed by atoms with Crippen molar-refractivity contribution in [1.82, 2.24) is 4.90 Å². The summed E-state index contributed by atoms with van der Waals surface area (Å²) in [7, 11) is 6.73. The summed E-state index contributed by atoms with van der Waals surface area (Å²) in [5, 5.41) is 3.80. The van der Waals surface area contributed by atoms with Crippen LogP contribution in [0.2, 0.25) is 0 Å². The van der Waals surface area contributed by atoms with E-state index in [1.807, 2.05) is 48.3 Å². The van der Waals surface area contributed by atoms with Gasteiger partial charge in [-0.15, -0.1) is 0 Å². The molecular weight excluding hydrogens is 336 g/mol. The van der Waals surface area contributed by atoms with Crippen molar-refractivity contribution in [1.29, 1.82) is 0 Å². The van der Waals surface area contributed by atoms with E-state index in [0.717, 1.165) is 22.6 Å². The van der Waals surface area contributed by atoms with Crippen molar-refractivity contribution in [3.8, 4) is 16.9 Å². The zero-order valence-corrected chi connectivity index (χ0v) is 15.8. The van der Waals surface area contributed by atoms with Gasteiger partial charge in [0.1, 0.15) is 5.75 Å². The molecule has 134 valence electrons. The highest BCUT2D eigenvalue weighted by molar-refractivity contribution is 7.80. The summed E-state index contributed by atoms with van der Waals surface area (Å²) < 4.78 is 15.9. The zero-order valence-electron chi connectivity index (χ0n) is 15.0. The molecule has 0 spiro atoms. The number of hydrogen-bond donors (Lipinski definition) is 1. The molecule has 0 aromatic heterocycles. The molecule has 2 aromatic rings. The summed E-state index contributed by atoms with van der Waals surface area (Å²) in [6.45, 7) is 0.513. The largest absolute Gasteiger partial charge is 0.495 e. The van der Waals surface area contributed by atoms with E-state index in [2.05, 4.69) is 17.4 Å². The fourth-order valence-electron chi connectivity index (χ4n) is 2.38. The minimum absolute atomic E-state index is 0.345. The van der Waals surface area contributed by atoms with Crippen LogP contribution in [0, 0.1) is 0 Å². The molecule has 0 saturated carbocycles. The average Bonchev–Trinajstić information content (AvgIpc) is 2.66. The second kappa shape index (κ2) is 9.36. The van der Waals surface area contributed by atoms with Crippen LogP contribution < -0.4 is 10.1 Å². The van der Waals surface area contributed by atoms with E-state index in [1.165, 1.54) is 0 Å². The highest BCUT2D eigenvalue weighted by atomic mass is 32.1. The van der Waals surface area contributed by atoms with Crippen LogP contribution in [0.15, 0.2) is 48.5 Å². The van der Waals surface area contributed by atoms with Crippen molar-refractivity contribution in [2.24, 2.45) is 0 Å². The van der Waals surface area contributed by atoms with Gasteiger partial charge in [-0.05, 0) is 35.5 Å². The van der Waals surface area contributed by atoms with Gasteiger partial charge in [0.05, 0.1) is 19.3 Å². The van der Waals surface area contributed by atoms with E-state index in [-0.39, 0.29) is 6.29 Å². The van der Waals surface area contributed by atoms with Gasteiger partial charge in [-0.1, -0.05) is 36.4 Å². The number of nitrogens with zero attached hydrogens (tertiary/aromatic N) is 1. The maximum atomic E-state index is 5.49. The molecule has 0 unspecified atom stereocenters. The van der Waals surface area contributed by atoms with E-state index < -0.39 is 0 Å². The van der Waals surface area contributed by atoms with Crippen LogP contribution in [0.1, 0.15) is 0 Å². The van der Waals surface area contributed by atoms with Crippen molar-refractivity contribution >= 4 is 23.0 Å². The molecule has 0 aliphatic heterocycles. The predicted octanol–water partition coefficient (Wildman–Crippen LogP) is 3.61. The van der Waals surface area contributed by atoms with E-state index in [0.29, 0.717) is 11.7 Å². The molecule has 25 heavy (non-hydrogen) atoms. The van der Waals surface area contributed by atoms with Crippen LogP contribution in [0.4, 0.5) is 5.69 Å². The molecule has 2 rings (SSSR count). The normalized spacial score (nSPS) is 10.6. The zero-order chi connectivity index (χ0) is 18.2. The summed E-state index contributed by atoms with van der Waals surface area (Å²) in [6, 6.07) is 16.1. The molecule has 0 heterocycles. The smallest absolute Gasteiger partial charge is 0.174 e. The van der Waals surface area contributed by atoms with Crippen LogP contribution in [0.5, 0.6) is 5.75 Å². The van der Waals surface area contributed by atoms with Gasteiger partial charge in [-0.25, -0.2) is 0 Å². The van der Waals surface area contributed by atoms with Gasteiger partial charge in [-0.2, -0.15) is 0 Å². The number of thiocarbonyl (C=S) groups is 1. The lowest BCUT2D eigenvalue weighted by molar-refractivity contribution is -0.107. The standard InChI is InChI=1S/C19H24N2O3S/c1-21(13-18(23-3)24-4)19(25)20-16-12-15(10-11-17(16)22-2)14-8-6-5-7-9-14/h5-12,18H,13H2,1-4H3,(H,20,25). The van der Waals surface area contributed by atoms with Crippen LogP contribution >= 0.6 is 12.2 Å². The molecule has 0 saturated heterocycles. The number of benzene rings is 2. The van der Waals surface area contributed by atoms with Crippen LogP contribution in [-0.2, 0) is 9.47 Å². The average molecular weight is 360 g/mol. The summed E-state index contributed by atoms with van der Waals surface area (Å²) in [5.74, 6) is 0.727. The summed E-state index contributed by atoms with van der Waals surface area (Å²) >= 11 is 5.49. The Hall–Kier alpha value is -2.15. The molecule has 2 aromatic carbocycles. The third-order valence-electron chi connectivity index (χ3n) is 3.84. The van der Waals surface area contributed by atoms with Crippen molar-refractivity contribution in [2.75, 3.05) is 40.2 Å². The Morgan fingerprint density at radius 3 is 2.32 bits per heavy atom. The van der Waals surface area contributed by atoms with Crippen LogP contribution in [-0.4, -0.2) is 51.2 Å². The molecule has 0 radical (unpaired) electrons. The maximum Gasteiger partial charge on any atom is 0.174 e. The Balaban J connectivity index is 2.18. The van der Waals surface area contributed by atoms with E-state index in [4.69, 9.17) is 26.4 Å². The van der Waals surface area contributed by atoms with Gasteiger partial charge < -0.3 is 24.4 Å². The molecular formula is C19H24N2O3S. The first-order valence-electron chi connectivity index (χ1n) is 7.90. The Bertz CT molecular complexity index is 690. The molecule has 5 nitrogen and oxygen atoms in total. The molecule has 0 amide bonds. The van der Waals surface area contributed by atoms with E-state index in [1.54, 1.807) is 21.3 Å². The lowest BCUT2D eigenvalue weighted by atomic mass is 10.0. The van der Waals surface area contributed by atoms with Gasteiger partial charge in [0.15, 0.2) is 11.4 Å². The molecule has 0 bridgehead atoms. The van der Waals surface area contributed by atoms with Gasteiger partial charge >= 0.3 is 0 Å². The lowest BCUT2D eigenvalue weighted by Crippen LogP contribution is -2.38. The summed E-state index contributed by atoms with van der Waals surface area (Å²) in [4.78, 5) is 1.86. The Kier molecular flexibility index (Phi) is 7.18. The van der Waals surface area contributed by atoms with Gasteiger partial charge in [0.25, 0.3) is 0 Å². The molecule has 0 aliphatic carbocycles. The Morgan fingerprint density at radius 2 is 1.72 bits per heavy atom. The van der Waals surface area contributed by atoms with Crippen LogP contribution in [0.3, 0.4) is 0 Å². The molecule has 0 atom stereocenters. The first-order valence-corrected chi connectivity index (χ1v) is 8.31. The minimum atomic E-state index is -0.345. The van der Waals surface area contributed by atoms with Crippen molar-refractivity contribution in [3.05, 3.63) is 48.5 Å². The summed E-state index contributed by atoms with van der Waals surface area (Å²) in [6.07, 6.45) is -0.345. The maximum absolute atomic E-state index is 5.49. The number of hydrogen-bond acceptors (Lipinski definition) is 4. The van der Waals surface area contributed by atoms with E-state index in [9.17, 15) is 0 Å². The highest BCUT2D eigenvalue weighted by Gasteiger charge is 2.14. The fourth-order valence-corrected chi connectivity index (χ4v) is 2.56. The number of likely N-dealkylation sites (N-methyl/N-ethyl adjacent to an activating group) is 1. The van der Waals surface area contributed by atoms with Crippen molar-refractivity contribution < 1.29 is 14.2 Å². The first-order chi connectivity index (χ1) is 12.1. The monoisotopic (exact) mass is 360 g/mol. The minimum Gasteiger partial charge on any atom is -0.495 e. The van der Waals surface area contributed by atoms with Crippen LogP contribution in [0.25, 0.3) is 11.1 Å². The number of anilines is 1. The molecule has 0 aliphatic rings. The Labute approximate surface area is 154 Å². The van der Waals surface area contributed by atoms with Crippen molar-refractivity contribution in [2.45, 2.75) is 6.29 Å². The quantitative estimate of drug-likeness (QED) is 0.601. The van der Waals surface area contributed by atoms with Crippen molar-refractivity contribution in [3.63, 3.8) is 0 Å². The number of methoxy groups -OCH3 is 3. The van der Waals surface area contributed by atoms with Gasteiger partial charge in [0, 0.05) is 21.3 Å². The second-order valence-electron chi connectivity index (χ2n) is 5.49. The predicted molar refractivity (Wildman–Crippen MR) is 105 cm³/mol. The number of rotatable bonds is 7. The Morgan fingerprint density at radius 1 is 1.04 bits per heavy atom. The lowest BCUT2D eigenvalue weighted by Gasteiger charge is -2.25. The molecule has 1 N–H and O–H groups in total. The highest BCUT2D eigenvalue weighted by Crippen LogP contribution is 2.30. The van der Waals surface area contributed by atoms with Gasteiger partial charge in [0.2, 0.25) is 0 Å². The first kappa shape index (κ1) is 19.2. The van der Waals surface area contributed by atoms with Gasteiger partial charge in [-0.3, -0.25) is 0 Å². The fraction of sp³-hybridized carbons (Fsp3) is 0.316. The number of ether oxygens (including phenoxy) is 3. The van der Waals surface area contributed by atoms with E-state index >= 15 is 0 Å².